The van der Waals surface area contributed by atoms with Crippen LogP contribution < -0.4 is 0 Å². The van der Waals surface area contributed by atoms with E-state index in [-0.39, 0.29) is 12.1 Å². The molecular weight excluding hydrogens is 357 g/mol. The van der Waals surface area contributed by atoms with Crippen molar-refractivity contribution in [3.8, 4) is 0 Å². The largest absolute Gasteiger partial charge is 0.419 e. The predicted molar refractivity (Wildman–Crippen MR) is 69.3 cm³/mol. The molecule has 1 unspecified atom stereocenters. The maximum absolute atomic E-state index is 13.4. The summed E-state index contributed by atoms with van der Waals surface area (Å²) in [6.07, 6.45) is -7.57. The molecular formula is C12H12ClF7OSi. The lowest BCUT2D eigenvalue weighted by Gasteiger charge is -2.30. The van der Waals surface area contributed by atoms with E-state index in [4.69, 9.17) is 16.0 Å². The maximum atomic E-state index is 13.4. The summed E-state index contributed by atoms with van der Waals surface area (Å²) in [4.78, 5) is 0. The topological polar surface area (TPSA) is 9.23 Å². The average Bonchev–Trinajstić information content (AvgIpc) is 2.25. The van der Waals surface area contributed by atoms with Crippen LogP contribution in [0.15, 0.2) is 12.1 Å². The summed E-state index contributed by atoms with van der Waals surface area (Å²) in [6, 6.07) is 0.311. The summed E-state index contributed by atoms with van der Waals surface area (Å²) < 4.78 is 96.4. The van der Waals surface area contributed by atoms with Gasteiger partial charge in [-0.2, -0.15) is 22.0 Å². The van der Waals surface area contributed by atoms with Gasteiger partial charge < -0.3 is 4.43 Å². The summed E-state index contributed by atoms with van der Waals surface area (Å²) in [5.41, 5.74) is -2.87. The minimum Gasteiger partial charge on any atom is -0.404 e. The fourth-order valence-corrected chi connectivity index (χ4v) is 2.88. The predicted octanol–water partition coefficient (Wildman–Crippen LogP) is 5.71. The molecule has 0 N–H and O–H groups in total. The van der Waals surface area contributed by atoms with E-state index in [1.54, 1.807) is 0 Å². The molecule has 1 aromatic carbocycles. The Balaban J connectivity index is 3.47. The number of halogens is 8. The minimum absolute atomic E-state index is 0.0828. The van der Waals surface area contributed by atoms with Crippen molar-refractivity contribution in [3.05, 3.63) is 34.9 Å². The first-order chi connectivity index (χ1) is 9.63. The monoisotopic (exact) mass is 368 g/mol. The van der Waals surface area contributed by atoms with Crippen LogP contribution in [0.4, 0.5) is 30.7 Å². The van der Waals surface area contributed by atoms with E-state index in [1.165, 1.54) is 19.6 Å². The van der Waals surface area contributed by atoms with Crippen LogP contribution >= 0.6 is 11.6 Å². The molecule has 22 heavy (non-hydrogen) atoms. The number of benzene rings is 1. The van der Waals surface area contributed by atoms with Gasteiger partial charge in [0, 0.05) is 0 Å². The first-order valence-corrected chi connectivity index (χ1v) is 9.72. The number of hydrogen-bond acceptors (Lipinski definition) is 1. The summed E-state index contributed by atoms with van der Waals surface area (Å²) in [5.74, 6) is -4.07. The van der Waals surface area contributed by atoms with Crippen LogP contribution in [0, 0.1) is 11.6 Å². The molecule has 0 amide bonds. The van der Waals surface area contributed by atoms with Crippen molar-refractivity contribution >= 4 is 19.9 Å². The second kappa shape index (κ2) is 6.01. The maximum Gasteiger partial charge on any atom is 0.419 e. The Kier molecular flexibility index (Phi) is 5.26. The molecule has 1 nitrogen and oxygen atoms in total. The highest BCUT2D eigenvalue weighted by molar-refractivity contribution is 6.69. The van der Waals surface area contributed by atoms with Crippen molar-refractivity contribution in [1.82, 2.24) is 0 Å². The van der Waals surface area contributed by atoms with Gasteiger partial charge in [0.25, 0.3) is 0 Å². The molecule has 0 bridgehead atoms. The lowest BCUT2D eigenvalue weighted by atomic mass is 10.0. The van der Waals surface area contributed by atoms with Crippen LogP contribution in [0.3, 0.4) is 0 Å². The molecule has 1 rings (SSSR count). The Hall–Kier alpha value is -0.803. The first kappa shape index (κ1) is 19.2. The fourth-order valence-electron chi connectivity index (χ4n) is 1.65. The fraction of sp³-hybridized carbons (Fsp3) is 0.500. The molecule has 0 spiro atoms. The lowest BCUT2D eigenvalue weighted by Crippen LogP contribution is -2.34. The highest BCUT2D eigenvalue weighted by Crippen LogP contribution is 2.42. The van der Waals surface area contributed by atoms with Gasteiger partial charge in [0.2, 0.25) is 0 Å². The van der Waals surface area contributed by atoms with Crippen LogP contribution in [0.1, 0.15) is 17.2 Å². The zero-order valence-corrected chi connectivity index (χ0v) is 13.4. The van der Waals surface area contributed by atoms with Crippen molar-refractivity contribution in [1.29, 1.82) is 0 Å². The standard InChI is InChI=1S/C12H12ClF7OSi/c1-22(2,3)21-10(11(13,16)17)6-4-7(12(18,19)20)9(15)8(14)5-6/h4-5,10H,1-3H3. The second-order valence-electron chi connectivity index (χ2n) is 5.51. The molecule has 0 aliphatic carbocycles. The van der Waals surface area contributed by atoms with Gasteiger partial charge in [-0.05, 0) is 48.9 Å². The lowest BCUT2D eigenvalue weighted by molar-refractivity contribution is -0.140. The SMILES string of the molecule is C[Si](C)(C)OC(c1cc(F)c(F)c(C(F)(F)F)c1)C(F)(F)Cl. The van der Waals surface area contributed by atoms with E-state index in [2.05, 4.69) is 0 Å². The third-order valence-electron chi connectivity index (χ3n) is 2.43. The minimum atomic E-state index is -5.24. The normalized spacial score (nSPS) is 15.0. The third kappa shape index (κ3) is 4.85. The van der Waals surface area contributed by atoms with E-state index in [0.717, 1.165) is 0 Å². The van der Waals surface area contributed by atoms with Crippen LogP contribution in [0.2, 0.25) is 19.6 Å². The average molecular weight is 369 g/mol. The Morgan fingerprint density at radius 2 is 1.55 bits per heavy atom. The van der Waals surface area contributed by atoms with Gasteiger partial charge in [-0.1, -0.05) is 0 Å². The van der Waals surface area contributed by atoms with E-state index >= 15 is 0 Å². The van der Waals surface area contributed by atoms with Gasteiger partial charge in [0.05, 0.1) is 5.56 Å². The highest BCUT2D eigenvalue weighted by Gasteiger charge is 2.44. The smallest absolute Gasteiger partial charge is 0.404 e. The Morgan fingerprint density at radius 1 is 1.05 bits per heavy atom. The molecule has 0 heterocycles. The first-order valence-electron chi connectivity index (χ1n) is 5.93. The van der Waals surface area contributed by atoms with E-state index in [1.807, 2.05) is 0 Å². The van der Waals surface area contributed by atoms with Gasteiger partial charge in [-0.3, -0.25) is 0 Å². The molecule has 1 aromatic rings. The second-order valence-corrected chi connectivity index (χ2v) is 10.5. The molecule has 0 saturated heterocycles. The van der Waals surface area contributed by atoms with E-state index in [9.17, 15) is 30.7 Å². The molecule has 0 radical (unpaired) electrons. The van der Waals surface area contributed by atoms with Crippen LogP contribution in [0.5, 0.6) is 0 Å². The number of rotatable bonds is 4. The molecule has 0 aromatic heterocycles. The Labute approximate surface area is 128 Å². The molecule has 0 fully saturated rings. The molecule has 10 heteroatoms. The number of hydrogen-bond donors (Lipinski definition) is 0. The Bertz CT molecular complexity index is 548. The molecule has 0 aliphatic heterocycles. The Morgan fingerprint density at radius 3 is 1.91 bits per heavy atom. The third-order valence-corrected chi connectivity index (χ3v) is 3.57. The van der Waals surface area contributed by atoms with Gasteiger partial charge >= 0.3 is 11.6 Å². The van der Waals surface area contributed by atoms with Gasteiger partial charge in [-0.25, -0.2) is 8.78 Å². The summed E-state index contributed by atoms with van der Waals surface area (Å²) in [7, 11) is -2.67. The van der Waals surface area contributed by atoms with Crippen molar-refractivity contribution in [2.24, 2.45) is 0 Å². The van der Waals surface area contributed by atoms with Gasteiger partial charge in [0.1, 0.15) is 6.10 Å². The highest BCUT2D eigenvalue weighted by atomic mass is 35.5. The van der Waals surface area contributed by atoms with Crippen molar-refractivity contribution in [2.45, 2.75) is 37.3 Å². The zero-order chi connectivity index (χ0) is 17.5. The summed E-state index contributed by atoms with van der Waals surface area (Å²) in [5, 5.41) is -4.09. The van der Waals surface area contributed by atoms with Gasteiger partial charge in [-0.15, -0.1) is 0 Å². The zero-order valence-electron chi connectivity index (χ0n) is 11.7. The molecule has 1 atom stereocenters. The summed E-state index contributed by atoms with van der Waals surface area (Å²) >= 11 is 4.86. The quantitative estimate of drug-likeness (QED) is 0.376. The van der Waals surface area contributed by atoms with E-state index in [0.29, 0.717) is 0 Å². The number of alkyl halides is 6. The van der Waals surface area contributed by atoms with Crippen LogP contribution in [-0.4, -0.2) is 13.7 Å². The van der Waals surface area contributed by atoms with Crippen LogP contribution in [-0.2, 0) is 10.6 Å². The molecule has 0 aliphatic rings. The summed E-state index contributed by atoms with van der Waals surface area (Å²) in [6.45, 7) is 4.48. The van der Waals surface area contributed by atoms with Crippen molar-refractivity contribution in [3.63, 3.8) is 0 Å². The molecule has 126 valence electrons. The molecule has 0 saturated carbocycles. The van der Waals surface area contributed by atoms with Crippen molar-refractivity contribution in [2.75, 3.05) is 0 Å². The van der Waals surface area contributed by atoms with Gasteiger partial charge in [0.15, 0.2) is 20.0 Å². The van der Waals surface area contributed by atoms with Crippen molar-refractivity contribution < 1.29 is 35.2 Å². The van der Waals surface area contributed by atoms with Crippen LogP contribution in [0.25, 0.3) is 0 Å². The van der Waals surface area contributed by atoms with E-state index < -0.39 is 48.7 Å².